The molecule has 0 radical (unpaired) electrons. The molecule has 3 aromatic carbocycles. The van der Waals surface area contributed by atoms with Gasteiger partial charge in [-0.25, -0.2) is 5.43 Å². The van der Waals surface area contributed by atoms with Crippen LogP contribution in [0.25, 0.3) is 0 Å². The Labute approximate surface area is 226 Å². The number of nitrogens with one attached hydrogen (secondary N) is 2. The number of rotatable bonds is 11. The molecule has 0 bridgehead atoms. The summed E-state index contributed by atoms with van der Waals surface area (Å²) in [6.45, 7) is 5.43. The monoisotopic (exact) mass is 541 g/mol. The van der Waals surface area contributed by atoms with Crippen LogP contribution in [0.5, 0.6) is 11.5 Å². The molecule has 0 fully saturated rings. The van der Waals surface area contributed by atoms with Crippen molar-refractivity contribution in [3.8, 4) is 11.5 Å². The third-order valence-electron chi connectivity index (χ3n) is 5.14. The second-order valence-corrected chi connectivity index (χ2v) is 9.37. The molecule has 0 aliphatic heterocycles. The minimum atomic E-state index is -0.923. The highest BCUT2D eigenvalue weighted by Crippen LogP contribution is 2.28. The molecule has 37 heavy (non-hydrogen) atoms. The number of halogens is 2. The van der Waals surface area contributed by atoms with Crippen LogP contribution < -0.4 is 20.2 Å². The lowest BCUT2D eigenvalue weighted by molar-refractivity contribution is -0.132. The zero-order chi connectivity index (χ0) is 26.8. The number of hydrogen-bond donors (Lipinski definition) is 2. The standard InChI is InChI=1S/C28H29Cl2N3O4/c1-18(2)36-25-12-8-7-11-21(25)17-31-33-28(35)24(15-20-9-5-4-6-10-20)32-27(34)19(3)37-26-14-13-22(29)16-23(26)30/h4-14,16-19,24H,15H2,1-3H3,(H,32,34)(H,33,35)/b31-17-/t19-,24-/m0/s1. The van der Waals surface area contributed by atoms with Crippen molar-refractivity contribution in [2.75, 3.05) is 0 Å². The molecule has 2 N–H and O–H groups in total. The first-order chi connectivity index (χ1) is 17.7. The maximum atomic E-state index is 13.1. The predicted molar refractivity (Wildman–Crippen MR) is 147 cm³/mol. The second kappa shape index (κ2) is 13.7. The zero-order valence-electron chi connectivity index (χ0n) is 20.8. The third-order valence-corrected chi connectivity index (χ3v) is 5.67. The number of carbonyl (C=O) groups is 2. The Morgan fingerprint density at radius 1 is 0.892 bits per heavy atom. The summed E-state index contributed by atoms with van der Waals surface area (Å²) in [5.74, 6) is -0.00433. The Kier molecular flexibility index (Phi) is 10.4. The van der Waals surface area contributed by atoms with E-state index in [1.54, 1.807) is 19.1 Å². The average molecular weight is 542 g/mol. The molecule has 0 unspecified atom stereocenters. The van der Waals surface area contributed by atoms with E-state index >= 15 is 0 Å². The van der Waals surface area contributed by atoms with Crippen molar-refractivity contribution < 1.29 is 19.1 Å². The van der Waals surface area contributed by atoms with Gasteiger partial charge < -0.3 is 14.8 Å². The molecule has 0 spiro atoms. The van der Waals surface area contributed by atoms with Gasteiger partial charge in [0, 0.05) is 17.0 Å². The fraction of sp³-hybridized carbons (Fsp3) is 0.250. The smallest absolute Gasteiger partial charge is 0.262 e. The lowest BCUT2D eigenvalue weighted by atomic mass is 10.1. The first-order valence-electron chi connectivity index (χ1n) is 11.8. The van der Waals surface area contributed by atoms with Crippen molar-refractivity contribution in [2.45, 2.75) is 45.4 Å². The van der Waals surface area contributed by atoms with E-state index in [4.69, 9.17) is 32.7 Å². The van der Waals surface area contributed by atoms with E-state index < -0.39 is 24.0 Å². The highest BCUT2D eigenvalue weighted by molar-refractivity contribution is 6.35. The topological polar surface area (TPSA) is 89.0 Å². The van der Waals surface area contributed by atoms with Crippen molar-refractivity contribution >= 4 is 41.2 Å². The van der Waals surface area contributed by atoms with Crippen molar-refractivity contribution in [2.24, 2.45) is 5.10 Å². The van der Waals surface area contributed by atoms with Crippen LogP contribution in [0.2, 0.25) is 10.0 Å². The lowest BCUT2D eigenvalue weighted by Gasteiger charge is -2.21. The van der Waals surface area contributed by atoms with Crippen molar-refractivity contribution in [3.63, 3.8) is 0 Å². The summed E-state index contributed by atoms with van der Waals surface area (Å²) in [7, 11) is 0. The highest BCUT2D eigenvalue weighted by Gasteiger charge is 2.25. The summed E-state index contributed by atoms with van der Waals surface area (Å²) < 4.78 is 11.5. The Balaban J connectivity index is 1.70. The van der Waals surface area contributed by atoms with Crippen LogP contribution in [0, 0.1) is 0 Å². The number of benzene rings is 3. The number of ether oxygens (including phenoxy) is 2. The molecule has 7 nitrogen and oxygen atoms in total. The summed E-state index contributed by atoms with van der Waals surface area (Å²) in [4.78, 5) is 26.0. The van der Waals surface area contributed by atoms with E-state index in [2.05, 4.69) is 15.8 Å². The predicted octanol–water partition coefficient (Wildman–Crippen LogP) is 5.43. The van der Waals surface area contributed by atoms with Crippen LogP contribution in [0.1, 0.15) is 31.9 Å². The van der Waals surface area contributed by atoms with Gasteiger partial charge in [0.2, 0.25) is 0 Å². The Morgan fingerprint density at radius 3 is 2.30 bits per heavy atom. The normalized spacial score (nSPS) is 12.7. The second-order valence-electron chi connectivity index (χ2n) is 8.52. The molecule has 194 valence electrons. The molecular formula is C28H29Cl2N3O4. The summed E-state index contributed by atoms with van der Waals surface area (Å²) in [6, 6.07) is 20.6. The van der Waals surface area contributed by atoms with E-state index in [1.807, 2.05) is 68.4 Å². The number of nitrogens with zero attached hydrogens (tertiary/aromatic N) is 1. The van der Waals surface area contributed by atoms with Gasteiger partial charge in [0.15, 0.2) is 6.10 Å². The van der Waals surface area contributed by atoms with Gasteiger partial charge in [0.1, 0.15) is 17.5 Å². The minimum Gasteiger partial charge on any atom is -0.490 e. The van der Waals surface area contributed by atoms with Crippen molar-refractivity contribution in [3.05, 3.63) is 94.0 Å². The SMILES string of the molecule is CC(C)Oc1ccccc1/C=N\NC(=O)[C@H](Cc1ccccc1)NC(=O)[C@H](C)Oc1ccc(Cl)cc1Cl. The maximum Gasteiger partial charge on any atom is 0.262 e. The van der Waals surface area contributed by atoms with Gasteiger partial charge in [0.05, 0.1) is 17.3 Å². The Bertz CT molecular complexity index is 1240. The quantitative estimate of drug-likeness (QED) is 0.250. The molecule has 9 heteroatoms. The minimum absolute atomic E-state index is 0.0124. The average Bonchev–Trinajstić information content (AvgIpc) is 2.86. The first-order valence-corrected chi connectivity index (χ1v) is 12.5. The van der Waals surface area contributed by atoms with E-state index in [9.17, 15) is 9.59 Å². The van der Waals surface area contributed by atoms with E-state index in [0.29, 0.717) is 22.1 Å². The summed E-state index contributed by atoms with van der Waals surface area (Å²) in [5.41, 5.74) is 4.11. The summed E-state index contributed by atoms with van der Waals surface area (Å²) in [6.07, 6.45) is 0.829. The molecule has 0 saturated heterocycles. The number of hydrazone groups is 1. The molecule has 2 amide bonds. The van der Waals surface area contributed by atoms with Gasteiger partial charge in [-0.15, -0.1) is 0 Å². The number of para-hydroxylation sites is 1. The van der Waals surface area contributed by atoms with Gasteiger partial charge >= 0.3 is 0 Å². The zero-order valence-corrected chi connectivity index (χ0v) is 22.3. The van der Waals surface area contributed by atoms with Gasteiger partial charge in [-0.05, 0) is 56.7 Å². The summed E-state index contributed by atoms with van der Waals surface area (Å²) >= 11 is 12.1. The number of hydrogen-bond acceptors (Lipinski definition) is 5. The molecule has 2 atom stereocenters. The van der Waals surface area contributed by atoms with Crippen LogP contribution in [0.4, 0.5) is 0 Å². The van der Waals surface area contributed by atoms with Crippen molar-refractivity contribution in [1.82, 2.24) is 10.7 Å². The van der Waals surface area contributed by atoms with Crippen LogP contribution in [-0.2, 0) is 16.0 Å². The maximum absolute atomic E-state index is 13.1. The van der Waals surface area contributed by atoms with E-state index in [-0.39, 0.29) is 17.5 Å². The van der Waals surface area contributed by atoms with Gasteiger partial charge in [-0.1, -0.05) is 65.7 Å². The van der Waals surface area contributed by atoms with Crippen molar-refractivity contribution in [1.29, 1.82) is 0 Å². The fourth-order valence-electron chi connectivity index (χ4n) is 3.35. The van der Waals surface area contributed by atoms with E-state index in [1.165, 1.54) is 12.3 Å². The van der Waals surface area contributed by atoms with Crippen LogP contribution >= 0.6 is 23.2 Å². The molecule has 0 aliphatic rings. The molecule has 0 aromatic heterocycles. The third kappa shape index (κ3) is 8.81. The van der Waals surface area contributed by atoms with Gasteiger partial charge in [-0.2, -0.15) is 5.10 Å². The van der Waals surface area contributed by atoms with Crippen LogP contribution in [-0.4, -0.2) is 36.3 Å². The van der Waals surface area contributed by atoms with Crippen LogP contribution in [0.3, 0.4) is 0 Å². The Hall–Kier alpha value is -3.55. The molecule has 0 heterocycles. The number of amides is 2. The van der Waals surface area contributed by atoms with Crippen LogP contribution in [0.15, 0.2) is 77.9 Å². The van der Waals surface area contributed by atoms with Gasteiger partial charge in [-0.3, -0.25) is 9.59 Å². The number of carbonyl (C=O) groups excluding carboxylic acids is 2. The molecule has 0 aliphatic carbocycles. The lowest BCUT2D eigenvalue weighted by Crippen LogP contribution is -2.50. The molecular weight excluding hydrogens is 513 g/mol. The summed E-state index contributed by atoms with van der Waals surface area (Å²) in [5, 5.41) is 7.58. The molecule has 3 rings (SSSR count). The van der Waals surface area contributed by atoms with E-state index in [0.717, 1.165) is 5.56 Å². The molecule has 3 aromatic rings. The fourth-order valence-corrected chi connectivity index (χ4v) is 3.81. The molecule has 0 saturated carbocycles. The Morgan fingerprint density at radius 2 is 1.59 bits per heavy atom. The first kappa shape index (κ1) is 28.0. The van der Waals surface area contributed by atoms with Gasteiger partial charge in [0.25, 0.3) is 11.8 Å². The largest absolute Gasteiger partial charge is 0.490 e. The highest BCUT2D eigenvalue weighted by atomic mass is 35.5.